The topological polar surface area (TPSA) is 46.2 Å². The summed E-state index contributed by atoms with van der Waals surface area (Å²) in [7, 11) is -2.87. The summed E-state index contributed by atoms with van der Waals surface area (Å²) in [4.78, 5) is 0. The van der Waals surface area contributed by atoms with Crippen LogP contribution in [0.4, 0.5) is 4.39 Å². The number of hydrogen-bond donors (Lipinski definition) is 1. The van der Waals surface area contributed by atoms with Crippen molar-refractivity contribution < 1.29 is 12.8 Å². The summed E-state index contributed by atoms with van der Waals surface area (Å²) in [6, 6.07) is 2.29. The molecule has 1 aromatic carbocycles. The number of nitrogens with one attached hydrogen (secondary N) is 1. The standard InChI is InChI=1S/C11H12Cl2FNO2S/c1-6(15-7-4-18(16,17)5-7)8-2-11(14)10(13)3-9(8)12/h2-3,6-7,15H,4-5H2,1H3. The Labute approximate surface area is 115 Å². The van der Waals surface area contributed by atoms with Crippen LogP contribution >= 0.6 is 23.2 Å². The first-order valence-corrected chi connectivity index (χ1v) is 7.97. The summed E-state index contributed by atoms with van der Waals surface area (Å²) in [6.07, 6.45) is 0. The predicted octanol–water partition coefficient (Wildman–Crippen LogP) is 2.58. The Morgan fingerprint density at radius 2 is 1.94 bits per heavy atom. The number of rotatable bonds is 3. The van der Waals surface area contributed by atoms with E-state index in [9.17, 15) is 12.8 Å². The smallest absolute Gasteiger partial charge is 0.153 e. The van der Waals surface area contributed by atoms with E-state index in [2.05, 4.69) is 5.32 Å². The molecule has 7 heteroatoms. The predicted molar refractivity (Wildman–Crippen MR) is 70.4 cm³/mol. The molecule has 18 heavy (non-hydrogen) atoms. The Morgan fingerprint density at radius 3 is 2.50 bits per heavy atom. The minimum atomic E-state index is -2.87. The summed E-state index contributed by atoms with van der Waals surface area (Å²) in [5.74, 6) is -0.304. The first-order valence-electron chi connectivity index (χ1n) is 5.39. The molecule has 2 rings (SSSR count). The highest BCUT2D eigenvalue weighted by Gasteiger charge is 2.34. The molecule has 0 radical (unpaired) electrons. The minimum Gasteiger partial charge on any atom is -0.305 e. The number of sulfone groups is 1. The SMILES string of the molecule is CC(NC1CS(=O)(=O)C1)c1cc(F)c(Cl)cc1Cl. The van der Waals surface area contributed by atoms with E-state index < -0.39 is 15.7 Å². The van der Waals surface area contributed by atoms with Crippen LogP contribution in [0.15, 0.2) is 12.1 Å². The maximum Gasteiger partial charge on any atom is 0.153 e. The van der Waals surface area contributed by atoms with E-state index in [1.54, 1.807) is 6.92 Å². The second kappa shape index (κ2) is 4.96. The van der Waals surface area contributed by atoms with Crippen molar-refractivity contribution in [3.8, 4) is 0 Å². The Bertz CT molecular complexity index is 565. The molecule has 1 atom stereocenters. The van der Waals surface area contributed by atoms with Gasteiger partial charge in [0.1, 0.15) is 5.82 Å². The molecule has 1 saturated heterocycles. The Balaban J connectivity index is 2.10. The number of benzene rings is 1. The van der Waals surface area contributed by atoms with Crippen molar-refractivity contribution in [3.63, 3.8) is 0 Å². The van der Waals surface area contributed by atoms with Crippen molar-refractivity contribution >= 4 is 33.0 Å². The van der Waals surface area contributed by atoms with E-state index in [1.165, 1.54) is 12.1 Å². The van der Waals surface area contributed by atoms with Crippen LogP contribution in [0, 0.1) is 5.82 Å². The molecular formula is C11H12Cl2FNO2S. The fraction of sp³-hybridized carbons (Fsp3) is 0.455. The van der Waals surface area contributed by atoms with Crippen LogP contribution in [-0.2, 0) is 9.84 Å². The largest absolute Gasteiger partial charge is 0.305 e. The van der Waals surface area contributed by atoms with Gasteiger partial charge in [0.05, 0.1) is 16.5 Å². The van der Waals surface area contributed by atoms with Crippen LogP contribution in [0.25, 0.3) is 0 Å². The zero-order chi connectivity index (χ0) is 13.5. The molecule has 1 aliphatic heterocycles. The third kappa shape index (κ3) is 2.96. The summed E-state index contributed by atoms with van der Waals surface area (Å²) in [5, 5.41) is 3.44. The lowest BCUT2D eigenvalue weighted by Gasteiger charge is -2.30. The first-order chi connectivity index (χ1) is 8.28. The second-order valence-electron chi connectivity index (χ2n) is 4.45. The molecule has 0 spiro atoms. The van der Waals surface area contributed by atoms with Crippen LogP contribution in [-0.4, -0.2) is 26.0 Å². The van der Waals surface area contributed by atoms with Gasteiger partial charge >= 0.3 is 0 Å². The highest BCUT2D eigenvalue weighted by Crippen LogP contribution is 2.29. The molecule has 0 bridgehead atoms. The van der Waals surface area contributed by atoms with Crippen molar-refractivity contribution in [1.29, 1.82) is 0 Å². The molecule has 1 N–H and O–H groups in total. The van der Waals surface area contributed by atoms with Crippen LogP contribution < -0.4 is 5.32 Å². The summed E-state index contributed by atoms with van der Waals surface area (Å²) >= 11 is 11.6. The molecule has 1 unspecified atom stereocenters. The highest BCUT2D eigenvalue weighted by molar-refractivity contribution is 7.92. The molecule has 0 aliphatic carbocycles. The Hall–Kier alpha value is -0.360. The minimum absolute atomic E-state index is 0.0258. The third-order valence-corrected chi connectivity index (χ3v) is 5.34. The normalized spacial score (nSPS) is 20.4. The molecule has 0 aromatic heterocycles. The van der Waals surface area contributed by atoms with Gasteiger partial charge in [-0.1, -0.05) is 23.2 Å². The molecule has 100 valence electrons. The van der Waals surface area contributed by atoms with Gasteiger partial charge in [-0.2, -0.15) is 0 Å². The molecule has 1 heterocycles. The lowest BCUT2D eigenvalue weighted by molar-refractivity contribution is 0.466. The van der Waals surface area contributed by atoms with Crippen molar-refractivity contribution in [1.82, 2.24) is 5.32 Å². The van der Waals surface area contributed by atoms with Gasteiger partial charge in [0, 0.05) is 17.1 Å². The monoisotopic (exact) mass is 311 g/mol. The van der Waals surface area contributed by atoms with Gasteiger partial charge in [-0.15, -0.1) is 0 Å². The summed E-state index contributed by atoms with van der Waals surface area (Å²) in [5.41, 5.74) is 0.572. The van der Waals surface area contributed by atoms with Crippen molar-refractivity contribution in [2.75, 3.05) is 11.5 Å². The molecule has 3 nitrogen and oxygen atoms in total. The lowest BCUT2D eigenvalue weighted by Crippen LogP contribution is -2.51. The molecule has 1 fully saturated rings. The Kier molecular flexibility index (Phi) is 3.88. The second-order valence-corrected chi connectivity index (χ2v) is 7.42. The van der Waals surface area contributed by atoms with E-state index in [-0.39, 0.29) is 28.6 Å². The van der Waals surface area contributed by atoms with Crippen molar-refractivity contribution in [3.05, 3.63) is 33.6 Å². The van der Waals surface area contributed by atoms with Crippen LogP contribution in [0.5, 0.6) is 0 Å². The van der Waals surface area contributed by atoms with Crippen LogP contribution in [0.1, 0.15) is 18.5 Å². The first kappa shape index (κ1) is 14.1. The molecule has 1 aromatic rings. The number of hydrogen-bond acceptors (Lipinski definition) is 3. The molecule has 0 amide bonds. The fourth-order valence-corrected chi connectivity index (χ4v) is 3.84. The van der Waals surface area contributed by atoms with Crippen LogP contribution in [0.3, 0.4) is 0 Å². The van der Waals surface area contributed by atoms with Gasteiger partial charge in [-0.3, -0.25) is 0 Å². The van der Waals surface area contributed by atoms with Crippen LogP contribution in [0.2, 0.25) is 10.0 Å². The van der Waals surface area contributed by atoms with E-state index >= 15 is 0 Å². The fourth-order valence-electron chi connectivity index (χ4n) is 1.97. The maximum absolute atomic E-state index is 13.4. The van der Waals surface area contributed by atoms with E-state index in [0.717, 1.165) is 0 Å². The third-order valence-electron chi connectivity index (χ3n) is 2.90. The zero-order valence-corrected chi connectivity index (χ0v) is 11.9. The van der Waals surface area contributed by atoms with Crippen molar-refractivity contribution in [2.24, 2.45) is 0 Å². The van der Waals surface area contributed by atoms with E-state index in [1.807, 2.05) is 0 Å². The van der Waals surface area contributed by atoms with Gasteiger partial charge in [0.2, 0.25) is 0 Å². The quantitative estimate of drug-likeness (QED) is 0.873. The zero-order valence-electron chi connectivity index (χ0n) is 9.58. The lowest BCUT2D eigenvalue weighted by atomic mass is 10.1. The average Bonchev–Trinajstić information content (AvgIpc) is 2.20. The van der Waals surface area contributed by atoms with Gasteiger partial charge in [-0.25, -0.2) is 12.8 Å². The van der Waals surface area contributed by atoms with Gasteiger partial charge in [-0.05, 0) is 24.6 Å². The molecular weight excluding hydrogens is 300 g/mol. The van der Waals surface area contributed by atoms with Crippen molar-refractivity contribution in [2.45, 2.75) is 19.0 Å². The average molecular weight is 312 g/mol. The van der Waals surface area contributed by atoms with E-state index in [4.69, 9.17) is 23.2 Å². The van der Waals surface area contributed by atoms with Gasteiger partial charge < -0.3 is 5.32 Å². The number of halogens is 3. The van der Waals surface area contributed by atoms with Gasteiger partial charge in [0.25, 0.3) is 0 Å². The summed E-state index contributed by atoms with van der Waals surface area (Å²) < 4.78 is 35.4. The van der Waals surface area contributed by atoms with Gasteiger partial charge in [0.15, 0.2) is 9.84 Å². The Morgan fingerprint density at radius 1 is 1.33 bits per heavy atom. The van der Waals surface area contributed by atoms with E-state index in [0.29, 0.717) is 10.6 Å². The molecule has 1 aliphatic rings. The highest BCUT2D eigenvalue weighted by atomic mass is 35.5. The molecule has 0 saturated carbocycles. The maximum atomic E-state index is 13.4. The summed E-state index contributed by atoms with van der Waals surface area (Å²) in [6.45, 7) is 1.81.